The molecule has 0 atom stereocenters. The van der Waals surface area contributed by atoms with E-state index in [9.17, 15) is 8.42 Å². The number of piperidine rings is 1. The van der Waals surface area contributed by atoms with Crippen molar-refractivity contribution in [1.29, 1.82) is 0 Å². The largest absolute Gasteiger partial charge is 0.317 e. The van der Waals surface area contributed by atoms with Crippen molar-refractivity contribution in [2.75, 3.05) is 13.1 Å². The molecule has 0 spiro atoms. The smallest absolute Gasteiger partial charge is 0.241 e. The first-order valence-electron chi connectivity index (χ1n) is 7.48. The van der Waals surface area contributed by atoms with Gasteiger partial charge in [0, 0.05) is 5.54 Å². The van der Waals surface area contributed by atoms with Crippen LogP contribution in [-0.2, 0) is 15.4 Å². The van der Waals surface area contributed by atoms with Gasteiger partial charge in [0.1, 0.15) is 0 Å². The summed E-state index contributed by atoms with van der Waals surface area (Å²) >= 11 is 0. The van der Waals surface area contributed by atoms with E-state index in [1.54, 1.807) is 12.1 Å². The first-order chi connectivity index (χ1) is 9.62. The van der Waals surface area contributed by atoms with Gasteiger partial charge >= 0.3 is 0 Å². The van der Waals surface area contributed by atoms with Crippen molar-refractivity contribution in [2.24, 2.45) is 0 Å². The van der Waals surface area contributed by atoms with Crippen molar-refractivity contribution >= 4 is 10.0 Å². The molecule has 1 aliphatic rings. The molecule has 0 radical (unpaired) electrons. The molecule has 21 heavy (non-hydrogen) atoms. The number of benzene rings is 1. The van der Waals surface area contributed by atoms with E-state index >= 15 is 0 Å². The van der Waals surface area contributed by atoms with Crippen LogP contribution in [0.25, 0.3) is 0 Å². The predicted molar refractivity (Wildman–Crippen MR) is 86.0 cm³/mol. The predicted octanol–water partition coefficient (Wildman–Crippen LogP) is 2.40. The zero-order valence-corrected chi connectivity index (χ0v) is 14.2. The Morgan fingerprint density at radius 2 is 1.62 bits per heavy atom. The van der Waals surface area contributed by atoms with Gasteiger partial charge < -0.3 is 5.32 Å². The van der Waals surface area contributed by atoms with E-state index in [1.165, 1.54) is 0 Å². The van der Waals surface area contributed by atoms with Crippen LogP contribution in [0, 0.1) is 0 Å². The fourth-order valence-corrected chi connectivity index (χ4v) is 4.06. The maximum Gasteiger partial charge on any atom is 0.241 e. The van der Waals surface area contributed by atoms with Crippen molar-refractivity contribution < 1.29 is 8.42 Å². The quantitative estimate of drug-likeness (QED) is 0.901. The highest BCUT2D eigenvalue weighted by molar-refractivity contribution is 7.89. The first-order valence-corrected chi connectivity index (χ1v) is 8.96. The number of nitrogens with one attached hydrogen (secondary N) is 2. The zero-order chi connectivity index (χ0) is 15.7. The molecule has 1 saturated heterocycles. The maximum absolute atomic E-state index is 12.5. The molecule has 0 aliphatic carbocycles. The number of sulfonamides is 1. The van der Waals surface area contributed by atoms with Crippen LogP contribution in [0.5, 0.6) is 0 Å². The third-order valence-electron chi connectivity index (χ3n) is 4.12. The van der Waals surface area contributed by atoms with Crippen LogP contribution >= 0.6 is 0 Å². The van der Waals surface area contributed by atoms with Crippen LogP contribution in [0.15, 0.2) is 29.2 Å². The summed E-state index contributed by atoms with van der Waals surface area (Å²) < 4.78 is 27.9. The van der Waals surface area contributed by atoms with E-state index in [4.69, 9.17) is 0 Å². The highest BCUT2D eigenvalue weighted by atomic mass is 32.2. The molecule has 0 amide bonds. The minimum Gasteiger partial charge on any atom is -0.317 e. The van der Waals surface area contributed by atoms with Crippen molar-refractivity contribution in [2.45, 2.75) is 56.4 Å². The van der Waals surface area contributed by atoms with Crippen molar-refractivity contribution in [3.8, 4) is 0 Å². The summed E-state index contributed by atoms with van der Waals surface area (Å²) in [7, 11) is -3.46. The Labute approximate surface area is 128 Å². The summed E-state index contributed by atoms with van der Waals surface area (Å²) in [5.74, 6) is 0. The van der Waals surface area contributed by atoms with Crippen LogP contribution < -0.4 is 10.0 Å². The van der Waals surface area contributed by atoms with Gasteiger partial charge in [-0.1, -0.05) is 32.9 Å². The lowest BCUT2D eigenvalue weighted by Crippen LogP contribution is -2.52. The fourth-order valence-electron chi connectivity index (χ4n) is 2.60. The second-order valence-electron chi connectivity index (χ2n) is 7.19. The molecule has 0 unspecified atom stereocenters. The number of hydrogen-bond donors (Lipinski definition) is 2. The van der Waals surface area contributed by atoms with Gasteiger partial charge in [0.2, 0.25) is 10.0 Å². The molecule has 1 fully saturated rings. The molecular weight excluding hydrogens is 284 g/mol. The van der Waals surface area contributed by atoms with E-state index in [1.807, 2.05) is 19.1 Å². The van der Waals surface area contributed by atoms with E-state index in [0.29, 0.717) is 4.90 Å². The lowest BCUT2D eigenvalue weighted by atomic mass is 9.87. The lowest BCUT2D eigenvalue weighted by molar-refractivity contribution is 0.308. The molecule has 2 N–H and O–H groups in total. The molecule has 1 aromatic carbocycles. The van der Waals surface area contributed by atoms with E-state index < -0.39 is 10.0 Å². The lowest BCUT2D eigenvalue weighted by Gasteiger charge is -2.34. The summed E-state index contributed by atoms with van der Waals surface area (Å²) in [6, 6.07) is 7.21. The second-order valence-corrected chi connectivity index (χ2v) is 8.87. The molecule has 1 aliphatic heterocycles. The Kier molecular flexibility index (Phi) is 4.47. The molecule has 2 rings (SSSR count). The number of rotatable bonds is 3. The van der Waals surface area contributed by atoms with Gasteiger partial charge in [0.15, 0.2) is 0 Å². The van der Waals surface area contributed by atoms with Crippen LogP contribution in [0.2, 0.25) is 0 Å². The topological polar surface area (TPSA) is 58.2 Å². The monoisotopic (exact) mass is 310 g/mol. The Hall–Kier alpha value is -0.910. The molecular formula is C16H26N2O2S. The SMILES string of the molecule is CC1(NS(=O)(=O)c2ccc(C(C)(C)C)cc2)CCNCC1. The Bertz CT molecular complexity index is 580. The van der Waals surface area contributed by atoms with Crippen LogP contribution in [-0.4, -0.2) is 27.0 Å². The Morgan fingerprint density at radius 1 is 1.10 bits per heavy atom. The van der Waals surface area contributed by atoms with Gasteiger partial charge in [0.05, 0.1) is 4.90 Å². The molecule has 5 heteroatoms. The van der Waals surface area contributed by atoms with Gasteiger partial charge in [-0.3, -0.25) is 0 Å². The highest BCUT2D eigenvalue weighted by Crippen LogP contribution is 2.25. The molecule has 4 nitrogen and oxygen atoms in total. The average Bonchev–Trinajstić information content (AvgIpc) is 2.37. The molecule has 118 valence electrons. The molecule has 0 bridgehead atoms. The third-order valence-corrected chi connectivity index (χ3v) is 5.77. The van der Waals surface area contributed by atoms with Crippen molar-refractivity contribution in [3.63, 3.8) is 0 Å². The van der Waals surface area contributed by atoms with Crippen LogP contribution in [0.1, 0.15) is 46.1 Å². The van der Waals surface area contributed by atoms with Gasteiger partial charge in [-0.05, 0) is 56.0 Å². The standard InChI is InChI=1S/C16H26N2O2S/c1-15(2,3)13-5-7-14(8-6-13)21(19,20)18-16(4)9-11-17-12-10-16/h5-8,17-18H,9-12H2,1-4H3. The average molecular weight is 310 g/mol. The Morgan fingerprint density at radius 3 is 2.10 bits per heavy atom. The normalized spacial score (nSPS) is 19.4. The molecule has 1 aromatic rings. The van der Waals surface area contributed by atoms with Gasteiger partial charge in [-0.2, -0.15) is 0 Å². The summed E-state index contributed by atoms with van der Waals surface area (Å²) in [5.41, 5.74) is 0.804. The molecule has 1 heterocycles. The van der Waals surface area contributed by atoms with Crippen molar-refractivity contribution in [3.05, 3.63) is 29.8 Å². The van der Waals surface area contributed by atoms with E-state index in [-0.39, 0.29) is 11.0 Å². The zero-order valence-electron chi connectivity index (χ0n) is 13.4. The highest BCUT2D eigenvalue weighted by Gasteiger charge is 2.32. The minimum absolute atomic E-state index is 0.0245. The second kappa shape index (κ2) is 5.71. The molecule has 0 aromatic heterocycles. The minimum atomic E-state index is -3.46. The Balaban J connectivity index is 2.19. The van der Waals surface area contributed by atoms with E-state index in [0.717, 1.165) is 31.5 Å². The molecule has 0 saturated carbocycles. The summed E-state index contributed by atoms with van der Waals surface area (Å²) in [5, 5.41) is 3.25. The van der Waals surface area contributed by atoms with E-state index in [2.05, 4.69) is 30.8 Å². The van der Waals surface area contributed by atoms with Crippen LogP contribution in [0.4, 0.5) is 0 Å². The fraction of sp³-hybridized carbons (Fsp3) is 0.625. The van der Waals surface area contributed by atoms with Crippen LogP contribution in [0.3, 0.4) is 0 Å². The van der Waals surface area contributed by atoms with Crippen molar-refractivity contribution in [1.82, 2.24) is 10.0 Å². The summed E-state index contributed by atoms with van der Waals surface area (Å²) in [6.07, 6.45) is 1.62. The first kappa shape index (κ1) is 16.5. The third kappa shape index (κ3) is 4.05. The van der Waals surface area contributed by atoms with Gasteiger partial charge in [-0.25, -0.2) is 13.1 Å². The number of hydrogen-bond acceptors (Lipinski definition) is 3. The van der Waals surface area contributed by atoms with Gasteiger partial charge in [-0.15, -0.1) is 0 Å². The summed E-state index contributed by atoms with van der Waals surface area (Å²) in [6.45, 7) is 10.0. The summed E-state index contributed by atoms with van der Waals surface area (Å²) in [4.78, 5) is 0.343. The van der Waals surface area contributed by atoms with Gasteiger partial charge in [0.25, 0.3) is 0 Å². The maximum atomic E-state index is 12.5.